The summed E-state index contributed by atoms with van der Waals surface area (Å²) < 4.78 is 6.49. The first-order valence-electron chi connectivity index (χ1n) is 4.61. The van der Waals surface area contributed by atoms with Crippen LogP contribution in [0.3, 0.4) is 0 Å². The fourth-order valence-electron chi connectivity index (χ4n) is 0.970. The second kappa shape index (κ2) is 4.64. The van der Waals surface area contributed by atoms with Crippen LogP contribution >= 0.6 is 0 Å². The highest BCUT2D eigenvalue weighted by atomic mass is 16.5. The van der Waals surface area contributed by atoms with Crippen molar-refractivity contribution in [2.75, 3.05) is 11.9 Å². The maximum atomic E-state index is 11.0. The highest BCUT2D eigenvalue weighted by molar-refractivity contribution is 5.84. The van der Waals surface area contributed by atoms with Crippen LogP contribution in [0.2, 0.25) is 0 Å². The molecule has 0 aromatic carbocycles. The van der Waals surface area contributed by atoms with Crippen molar-refractivity contribution in [2.45, 2.75) is 26.8 Å². The average molecular weight is 197 g/mol. The second-order valence-electron chi connectivity index (χ2n) is 3.15. The molecule has 0 radical (unpaired) electrons. The van der Waals surface area contributed by atoms with Crippen LogP contribution < -0.4 is 5.32 Å². The molecule has 0 saturated carbocycles. The number of hydrogen-bond acceptors (Lipinski definition) is 3. The molecule has 0 atom stereocenters. The maximum absolute atomic E-state index is 11.0. The van der Waals surface area contributed by atoms with E-state index in [2.05, 4.69) is 10.4 Å². The number of aromatic nitrogens is 2. The zero-order valence-corrected chi connectivity index (χ0v) is 8.65. The van der Waals surface area contributed by atoms with Crippen LogP contribution in [-0.4, -0.2) is 22.5 Å². The number of anilines is 1. The molecule has 0 bridgehead atoms. The standard InChI is InChI=1S/C9H15N3O2/c1-4-14-9(13)11-8-5-10-12(6-8)7(2)3/h5-7H,4H2,1-3H3,(H,11,13). The topological polar surface area (TPSA) is 56.1 Å². The first kappa shape index (κ1) is 10.6. The Morgan fingerprint density at radius 1 is 1.71 bits per heavy atom. The van der Waals surface area contributed by atoms with E-state index >= 15 is 0 Å². The van der Waals surface area contributed by atoms with Crippen LogP contribution in [0.15, 0.2) is 12.4 Å². The summed E-state index contributed by atoms with van der Waals surface area (Å²) in [7, 11) is 0. The third-order valence-corrected chi connectivity index (χ3v) is 1.65. The Labute approximate surface area is 83.1 Å². The van der Waals surface area contributed by atoms with Crippen molar-refractivity contribution in [3.63, 3.8) is 0 Å². The molecule has 0 aliphatic heterocycles. The highest BCUT2D eigenvalue weighted by Crippen LogP contribution is 2.09. The Morgan fingerprint density at radius 3 is 2.93 bits per heavy atom. The Hall–Kier alpha value is -1.52. The van der Waals surface area contributed by atoms with Gasteiger partial charge in [-0.1, -0.05) is 0 Å². The van der Waals surface area contributed by atoms with Gasteiger partial charge in [0.2, 0.25) is 0 Å². The molecule has 0 fully saturated rings. The molecular formula is C9H15N3O2. The summed E-state index contributed by atoms with van der Waals surface area (Å²) >= 11 is 0. The predicted octanol–water partition coefficient (Wildman–Crippen LogP) is 2.03. The Morgan fingerprint density at radius 2 is 2.43 bits per heavy atom. The van der Waals surface area contributed by atoms with Crippen LogP contribution in [-0.2, 0) is 4.74 Å². The van der Waals surface area contributed by atoms with Crippen LogP contribution in [0, 0.1) is 0 Å². The molecule has 1 amide bonds. The molecule has 0 saturated heterocycles. The highest BCUT2D eigenvalue weighted by Gasteiger charge is 2.05. The minimum Gasteiger partial charge on any atom is -0.450 e. The summed E-state index contributed by atoms with van der Waals surface area (Å²) in [6, 6.07) is 0.285. The number of nitrogens with zero attached hydrogens (tertiary/aromatic N) is 2. The fraction of sp³-hybridized carbons (Fsp3) is 0.556. The molecule has 0 spiro atoms. The van der Waals surface area contributed by atoms with Crippen molar-refractivity contribution in [1.29, 1.82) is 0 Å². The number of carbonyl (C=O) groups excluding carboxylic acids is 1. The van der Waals surface area contributed by atoms with Gasteiger partial charge < -0.3 is 4.74 Å². The van der Waals surface area contributed by atoms with Crippen molar-refractivity contribution in [3.05, 3.63) is 12.4 Å². The van der Waals surface area contributed by atoms with Crippen molar-refractivity contribution in [3.8, 4) is 0 Å². The Balaban J connectivity index is 2.55. The number of carbonyl (C=O) groups is 1. The van der Waals surface area contributed by atoms with Gasteiger partial charge in [0.15, 0.2) is 0 Å². The predicted molar refractivity (Wildman–Crippen MR) is 53.3 cm³/mol. The molecule has 78 valence electrons. The number of hydrogen-bond donors (Lipinski definition) is 1. The SMILES string of the molecule is CCOC(=O)Nc1cnn(C(C)C)c1. The molecule has 0 aliphatic rings. The van der Waals surface area contributed by atoms with E-state index in [1.165, 1.54) is 0 Å². The van der Waals surface area contributed by atoms with Gasteiger partial charge >= 0.3 is 6.09 Å². The van der Waals surface area contributed by atoms with Gasteiger partial charge in [-0.05, 0) is 20.8 Å². The molecule has 1 aromatic heterocycles. The van der Waals surface area contributed by atoms with Gasteiger partial charge in [-0.15, -0.1) is 0 Å². The van der Waals surface area contributed by atoms with E-state index in [-0.39, 0.29) is 6.04 Å². The van der Waals surface area contributed by atoms with E-state index < -0.39 is 6.09 Å². The van der Waals surface area contributed by atoms with Gasteiger partial charge in [0.05, 0.1) is 18.5 Å². The van der Waals surface area contributed by atoms with Crippen LogP contribution in [0.4, 0.5) is 10.5 Å². The average Bonchev–Trinajstić information content (AvgIpc) is 2.53. The molecular weight excluding hydrogens is 182 g/mol. The molecule has 14 heavy (non-hydrogen) atoms. The first-order chi connectivity index (χ1) is 6.63. The van der Waals surface area contributed by atoms with Gasteiger partial charge in [-0.25, -0.2) is 4.79 Å². The number of ether oxygens (including phenoxy) is 1. The van der Waals surface area contributed by atoms with E-state index in [0.29, 0.717) is 12.3 Å². The van der Waals surface area contributed by atoms with Crippen LogP contribution in [0.5, 0.6) is 0 Å². The van der Waals surface area contributed by atoms with Crippen LogP contribution in [0.1, 0.15) is 26.8 Å². The second-order valence-corrected chi connectivity index (χ2v) is 3.15. The minimum absolute atomic E-state index is 0.285. The van der Waals surface area contributed by atoms with E-state index in [9.17, 15) is 4.79 Å². The Bertz CT molecular complexity index is 307. The molecule has 1 N–H and O–H groups in total. The zero-order valence-electron chi connectivity index (χ0n) is 8.65. The van der Waals surface area contributed by atoms with E-state index in [1.807, 2.05) is 13.8 Å². The number of rotatable bonds is 3. The molecule has 1 heterocycles. The van der Waals surface area contributed by atoms with Gasteiger partial charge in [0.25, 0.3) is 0 Å². The lowest BCUT2D eigenvalue weighted by Gasteiger charge is -2.03. The van der Waals surface area contributed by atoms with Crippen molar-refractivity contribution < 1.29 is 9.53 Å². The van der Waals surface area contributed by atoms with Crippen molar-refractivity contribution in [1.82, 2.24) is 9.78 Å². The van der Waals surface area contributed by atoms with Crippen molar-refractivity contribution in [2.24, 2.45) is 0 Å². The third-order valence-electron chi connectivity index (χ3n) is 1.65. The van der Waals surface area contributed by atoms with Gasteiger partial charge in [0, 0.05) is 12.2 Å². The number of amides is 1. The first-order valence-corrected chi connectivity index (χ1v) is 4.61. The smallest absolute Gasteiger partial charge is 0.411 e. The van der Waals surface area contributed by atoms with Gasteiger partial charge in [-0.2, -0.15) is 5.10 Å². The van der Waals surface area contributed by atoms with Gasteiger partial charge in [0.1, 0.15) is 0 Å². The maximum Gasteiger partial charge on any atom is 0.411 e. The van der Waals surface area contributed by atoms with Crippen LogP contribution in [0.25, 0.3) is 0 Å². The lowest BCUT2D eigenvalue weighted by molar-refractivity contribution is 0.168. The van der Waals surface area contributed by atoms with E-state index in [1.54, 1.807) is 24.0 Å². The third kappa shape index (κ3) is 2.76. The zero-order chi connectivity index (χ0) is 10.6. The molecule has 5 nitrogen and oxygen atoms in total. The monoisotopic (exact) mass is 197 g/mol. The summed E-state index contributed by atoms with van der Waals surface area (Å²) in [5.41, 5.74) is 0.650. The lowest BCUT2D eigenvalue weighted by atomic mass is 10.4. The molecule has 0 unspecified atom stereocenters. The van der Waals surface area contributed by atoms with Gasteiger partial charge in [-0.3, -0.25) is 10.00 Å². The number of nitrogens with one attached hydrogen (secondary N) is 1. The van der Waals surface area contributed by atoms with E-state index in [0.717, 1.165) is 0 Å². The quantitative estimate of drug-likeness (QED) is 0.806. The molecule has 0 aliphatic carbocycles. The molecule has 1 rings (SSSR count). The fourth-order valence-corrected chi connectivity index (χ4v) is 0.970. The summed E-state index contributed by atoms with van der Waals surface area (Å²) in [6.45, 7) is 6.16. The largest absolute Gasteiger partial charge is 0.450 e. The summed E-state index contributed by atoms with van der Waals surface area (Å²) in [4.78, 5) is 11.0. The lowest BCUT2D eigenvalue weighted by Crippen LogP contribution is -2.12. The molecule has 5 heteroatoms. The summed E-state index contributed by atoms with van der Waals surface area (Å²) in [6.07, 6.45) is 2.91. The summed E-state index contributed by atoms with van der Waals surface area (Å²) in [5, 5.41) is 6.65. The summed E-state index contributed by atoms with van der Waals surface area (Å²) in [5.74, 6) is 0. The normalized spacial score (nSPS) is 10.3. The molecule has 1 aromatic rings. The Kier molecular flexibility index (Phi) is 3.50. The minimum atomic E-state index is -0.448. The van der Waals surface area contributed by atoms with Crippen molar-refractivity contribution >= 4 is 11.8 Å². The van der Waals surface area contributed by atoms with E-state index in [4.69, 9.17) is 4.74 Å².